The van der Waals surface area contributed by atoms with Gasteiger partial charge in [0.2, 0.25) is 0 Å². The number of aromatic nitrogens is 1. The van der Waals surface area contributed by atoms with Crippen molar-refractivity contribution in [3.05, 3.63) is 34.2 Å². The Kier molecular flexibility index (Phi) is 1.37. The lowest BCUT2D eigenvalue weighted by Gasteiger charge is -1.83. The Morgan fingerprint density at radius 1 is 1.67 bits per heavy atom. The molecular weight excluding hydrogens is 114 g/mol. The van der Waals surface area contributed by atoms with E-state index < -0.39 is 0 Å². The number of H-pyrrole nitrogens is 1. The summed E-state index contributed by atoms with van der Waals surface area (Å²) >= 11 is 0. The molecule has 0 fully saturated rings. The minimum absolute atomic E-state index is 0.208. The number of rotatable bonds is 0. The molecular formula is C7H5NO. The summed E-state index contributed by atoms with van der Waals surface area (Å²) in [6, 6.07) is 3.29. The van der Waals surface area contributed by atoms with E-state index in [0.717, 1.165) is 0 Å². The number of hydrogen-bond donors (Lipinski definition) is 1. The zero-order chi connectivity index (χ0) is 6.69. The molecule has 0 bridgehead atoms. The van der Waals surface area contributed by atoms with Gasteiger partial charge in [0.25, 0.3) is 5.56 Å². The topological polar surface area (TPSA) is 32.9 Å². The first-order chi connectivity index (χ1) is 4.34. The van der Waals surface area contributed by atoms with Gasteiger partial charge in [0.05, 0.1) is 5.56 Å². The van der Waals surface area contributed by atoms with Gasteiger partial charge in [-0.3, -0.25) is 4.79 Å². The Bertz CT molecular complexity index is 292. The minimum Gasteiger partial charge on any atom is -0.328 e. The van der Waals surface area contributed by atoms with Crippen LogP contribution in [0.4, 0.5) is 0 Å². The summed E-state index contributed by atoms with van der Waals surface area (Å²) in [4.78, 5) is 13.1. The first kappa shape index (κ1) is 5.64. The van der Waals surface area contributed by atoms with E-state index in [1.165, 1.54) is 0 Å². The van der Waals surface area contributed by atoms with Crippen LogP contribution in [0.25, 0.3) is 0 Å². The molecule has 1 aromatic heterocycles. The van der Waals surface area contributed by atoms with Gasteiger partial charge >= 0.3 is 0 Å². The van der Waals surface area contributed by atoms with Crippen LogP contribution in [0.1, 0.15) is 5.56 Å². The average Bonchev–Trinajstić information content (AvgIpc) is 1.89. The lowest BCUT2D eigenvalue weighted by atomic mass is 10.3. The molecule has 0 spiro atoms. The quantitative estimate of drug-likeness (QED) is 0.491. The van der Waals surface area contributed by atoms with Crippen LogP contribution in [0.5, 0.6) is 0 Å². The molecule has 0 saturated heterocycles. The van der Waals surface area contributed by atoms with Crippen molar-refractivity contribution in [3.8, 4) is 12.3 Å². The number of nitrogens with one attached hydrogen (secondary N) is 1. The number of pyridine rings is 1. The van der Waals surface area contributed by atoms with E-state index in [2.05, 4.69) is 10.9 Å². The monoisotopic (exact) mass is 119 g/mol. The lowest BCUT2D eigenvalue weighted by molar-refractivity contribution is 1.22. The first-order valence-electron chi connectivity index (χ1n) is 2.49. The molecule has 0 aromatic carbocycles. The maximum absolute atomic E-state index is 10.7. The summed E-state index contributed by atoms with van der Waals surface area (Å²) in [5, 5.41) is 0. The van der Waals surface area contributed by atoms with Gasteiger partial charge in [0.15, 0.2) is 0 Å². The summed E-state index contributed by atoms with van der Waals surface area (Å²) in [5.74, 6) is 2.25. The fraction of sp³-hybridized carbons (Fsp3) is 0. The Morgan fingerprint density at radius 3 is 2.89 bits per heavy atom. The second kappa shape index (κ2) is 2.19. The summed E-state index contributed by atoms with van der Waals surface area (Å²) < 4.78 is 0. The maximum atomic E-state index is 10.7. The zero-order valence-corrected chi connectivity index (χ0v) is 4.72. The van der Waals surface area contributed by atoms with Crippen LogP contribution in [0.15, 0.2) is 23.1 Å². The molecule has 0 amide bonds. The molecule has 0 atom stereocenters. The van der Waals surface area contributed by atoms with Crippen molar-refractivity contribution in [1.82, 2.24) is 4.98 Å². The van der Waals surface area contributed by atoms with Crippen LogP contribution in [0.3, 0.4) is 0 Å². The van der Waals surface area contributed by atoms with Crippen molar-refractivity contribution in [2.24, 2.45) is 0 Å². The Labute approximate surface area is 52.5 Å². The summed E-state index contributed by atoms with van der Waals surface area (Å²) in [6.45, 7) is 0. The molecule has 1 aromatic rings. The molecule has 1 N–H and O–H groups in total. The predicted molar refractivity (Wildman–Crippen MR) is 35.0 cm³/mol. The number of terminal acetylenes is 1. The fourth-order valence-electron chi connectivity index (χ4n) is 0.535. The second-order valence-electron chi connectivity index (χ2n) is 1.56. The fourth-order valence-corrected chi connectivity index (χ4v) is 0.535. The standard InChI is InChI=1S/C7H5NO/c1-2-6-4-3-5-8-7(6)9/h1,3-5H,(H,8,9). The van der Waals surface area contributed by atoms with Gasteiger partial charge in [-0.2, -0.15) is 0 Å². The summed E-state index contributed by atoms with van der Waals surface area (Å²) in [5.41, 5.74) is 0.164. The molecule has 0 unspecified atom stereocenters. The second-order valence-corrected chi connectivity index (χ2v) is 1.56. The van der Waals surface area contributed by atoms with Crippen LogP contribution in [-0.2, 0) is 0 Å². The number of aromatic amines is 1. The molecule has 2 heteroatoms. The molecule has 0 aliphatic carbocycles. The van der Waals surface area contributed by atoms with Crippen LogP contribution >= 0.6 is 0 Å². The molecule has 9 heavy (non-hydrogen) atoms. The zero-order valence-electron chi connectivity index (χ0n) is 4.72. The molecule has 1 heterocycles. The average molecular weight is 119 g/mol. The van der Waals surface area contributed by atoms with Gasteiger partial charge in [-0.25, -0.2) is 0 Å². The summed E-state index contributed by atoms with van der Waals surface area (Å²) in [7, 11) is 0. The molecule has 2 nitrogen and oxygen atoms in total. The molecule has 0 aliphatic heterocycles. The predicted octanol–water partition coefficient (Wildman–Crippen LogP) is 0.356. The van der Waals surface area contributed by atoms with Crippen molar-refractivity contribution in [2.45, 2.75) is 0 Å². The third-order valence-electron chi connectivity index (χ3n) is 0.974. The third kappa shape index (κ3) is 1.000. The number of hydrogen-bond acceptors (Lipinski definition) is 1. The highest BCUT2D eigenvalue weighted by Crippen LogP contribution is 1.82. The third-order valence-corrected chi connectivity index (χ3v) is 0.974. The Morgan fingerprint density at radius 2 is 2.44 bits per heavy atom. The van der Waals surface area contributed by atoms with Gasteiger partial charge in [0, 0.05) is 6.20 Å². The molecule has 0 radical (unpaired) electrons. The van der Waals surface area contributed by atoms with Crippen LogP contribution < -0.4 is 5.56 Å². The van der Waals surface area contributed by atoms with E-state index in [1.54, 1.807) is 18.3 Å². The highest BCUT2D eigenvalue weighted by Gasteiger charge is 1.87. The van der Waals surface area contributed by atoms with Gasteiger partial charge in [-0.05, 0) is 12.1 Å². The SMILES string of the molecule is C#Cc1ccc[nH]c1=O. The van der Waals surface area contributed by atoms with Crippen molar-refractivity contribution in [3.63, 3.8) is 0 Å². The van der Waals surface area contributed by atoms with Gasteiger partial charge < -0.3 is 4.98 Å². The van der Waals surface area contributed by atoms with Gasteiger partial charge in [-0.1, -0.05) is 5.92 Å². The van der Waals surface area contributed by atoms with Crippen molar-refractivity contribution in [1.29, 1.82) is 0 Å². The Balaban J connectivity index is 3.38. The van der Waals surface area contributed by atoms with E-state index in [4.69, 9.17) is 6.42 Å². The highest BCUT2D eigenvalue weighted by atomic mass is 16.1. The van der Waals surface area contributed by atoms with Crippen LogP contribution in [0, 0.1) is 12.3 Å². The van der Waals surface area contributed by atoms with Crippen LogP contribution in [0.2, 0.25) is 0 Å². The molecule has 0 saturated carbocycles. The molecule has 0 aliphatic rings. The van der Waals surface area contributed by atoms with Gasteiger partial charge in [-0.15, -0.1) is 6.42 Å². The van der Waals surface area contributed by atoms with E-state index in [-0.39, 0.29) is 5.56 Å². The van der Waals surface area contributed by atoms with Crippen molar-refractivity contribution in [2.75, 3.05) is 0 Å². The van der Waals surface area contributed by atoms with Crippen molar-refractivity contribution < 1.29 is 0 Å². The molecule has 1 rings (SSSR count). The molecule has 44 valence electrons. The van der Waals surface area contributed by atoms with E-state index in [1.807, 2.05) is 0 Å². The largest absolute Gasteiger partial charge is 0.328 e. The minimum atomic E-state index is -0.208. The Hall–Kier alpha value is -1.49. The van der Waals surface area contributed by atoms with Gasteiger partial charge in [0.1, 0.15) is 0 Å². The van der Waals surface area contributed by atoms with Crippen LogP contribution in [-0.4, -0.2) is 4.98 Å². The van der Waals surface area contributed by atoms with Crippen molar-refractivity contribution >= 4 is 0 Å². The normalized spacial score (nSPS) is 8.33. The maximum Gasteiger partial charge on any atom is 0.263 e. The lowest BCUT2D eigenvalue weighted by Crippen LogP contribution is -2.07. The first-order valence-corrected chi connectivity index (χ1v) is 2.49. The van der Waals surface area contributed by atoms with E-state index in [0.29, 0.717) is 5.56 Å². The van der Waals surface area contributed by atoms with E-state index >= 15 is 0 Å². The smallest absolute Gasteiger partial charge is 0.263 e. The summed E-state index contributed by atoms with van der Waals surface area (Å²) in [6.07, 6.45) is 6.53. The van der Waals surface area contributed by atoms with E-state index in [9.17, 15) is 4.79 Å². The highest BCUT2D eigenvalue weighted by molar-refractivity contribution is 5.27.